The highest BCUT2D eigenvalue weighted by Crippen LogP contribution is 2.39. The van der Waals surface area contributed by atoms with Gasteiger partial charge in [0.2, 0.25) is 0 Å². The minimum absolute atomic E-state index is 0.147. The number of unbranched alkanes of at least 4 members (excludes halogenated alkanes) is 1. The number of nitrogens with zero attached hydrogens (tertiary/aromatic N) is 1. The summed E-state index contributed by atoms with van der Waals surface area (Å²) in [6.45, 7) is 14.1. The first-order chi connectivity index (χ1) is 11.0. The van der Waals surface area contributed by atoms with Gasteiger partial charge in [0.15, 0.2) is 0 Å². The fourth-order valence-corrected chi connectivity index (χ4v) is 4.18. The van der Waals surface area contributed by atoms with Crippen LogP contribution in [0.2, 0.25) is 0 Å². The van der Waals surface area contributed by atoms with E-state index in [1.165, 1.54) is 32.4 Å². The number of carbonyl (C=O) groups is 2. The van der Waals surface area contributed by atoms with Crippen molar-refractivity contribution in [2.75, 3.05) is 6.54 Å². The van der Waals surface area contributed by atoms with Gasteiger partial charge in [-0.1, -0.05) is 41.5 Å². The Kier molecular flexibility index (Phi) is 5.38. The summed E-state index contributed by atoms with van der Waals surface area (Å²) >= 11 is 1.93. The van der Waals surface area contributed by atoms with Crippen molar-refractivity contribution in [1.29, 1.82) is 0 Å². The first-order valence-corrected chi connectivity index (χ1v) is 9.49. The summed E-state index contributed by atoms with van der Waals surface area (Å²) in [5.41, 5.74) is 1.74. The second kappa shape index (κ2) is 6.83. The average molecular weight is 348 g/mol. The Labute approximate surface area is 149 Å². The van der Waals surface area contributed by atoms with Crippen LogP contribution in [-0.4, -0.2) is 23.3 Å². The maximum absolute atomic E-state index is 11.6. The fourth-order valence-electron chi connectivity index (χ4n) is 2.86. The molecule has 0 fully saturated rings. The third-order valence-electron chi connectivity index (χ3n) is 4.21. The summed E-state index contributed by atoms with van der Waals surface area (Å²) in [5, 5.41) is 0. The summed E-state index contributed by atoms with van der Waals surface area (Å²) in [6, 6.07) is 2.36. The molecule has 2 amide bonds. The van der Waals surface area contributed by atoms with Crippen LogP contribution >= 0.6 is 11.3 Å². The van der Waals surface area contributed by atoms with Crippen LogP contribution in [0.15, 0.2) is 18.2 Å². The van der Waals surface area contributed by atoms with Gasteiger partial charge in [0.25, 0.3) is 11.8 Å². The monoisotopic (exact) mass is 347 g/mol. The van der Waals surface area contributed by atoms with Crippen molar-refractivity contribution in [3.05, 3.63) is 33.5 Å². The van der Waals surface area contributed by atoms with Gasteiger partial charge in [-0.2, -0.15) is 0 Å². The topological polar surface area (TPSA) is 37.4 Å². The molecule has 0 saturated carbocycles. The molecule has 0 spiro atoms. The average Bonchev–Trinajstić information content (AvgIpc) is 3.00. The van der Waals surface area contributed by atoms with E-state index in [1.54, 1.807) is 0 Å². The quantitative estimate of drug-likeness (QED) is 0.577. The molecule has 0 saturated heterocycles. The molecule has 0 bridgehead atoms. The molecule has 0 N–H and O–H groups in total. The summed E-state index contributed by atoms with van der Waals surface area (Å²) in [6.07, 6.45) is 5.55. The second-order valence-corrected chi connectivity index (χ2v) is 9.64. The predicted molar refractivity (Wildman–Crippen MR) is 101 cm³/mol. The Hall–Kier alpha value is -1.42. The third kappa shape index (κ3) is 4.35. The maximum Gasteiger partial charge on any atom is 0.253 e. The van der Waals surface area contributed by atoms with Crippen molar-refractivity contribution in [2.24, 2.45) is 0 Å². The lowest BCUT2D eigenvalue weighted by Crippen LogP contribution is -2.30. The van der Waals surface area contributed by atoms with Crippen molar-refractivity contribution >= 4 is 23.2 Å². The van der Waals surface area contributed by atoms with Gasteiger partial charge in [-0.3, -0.25) is 14.5 Å². The first-order valence-electron chi connectivity index (χ1n) is 8.67. The van der Waals surface area contributed by atoms with E-state index < -0.39 is 0 Å². The molecule has 0 atom stereocenters. The Morgan fingerprint density at radius 1 is 0.917 bits per heavy atom. The predicted octanol–water partition coefficient (Wildman–Crippen LogP) is 4.59. The molecular weight excluding hydrogens is 318 g/mol. The van der Waals surface area contributed by atoms with Crippen LogP contribution in [0.3, 0.4) is 0 Å². The molecule has 4 heteroatoms. The minimum Gasteiger partial charge on any atom is -0.275 e. The SMILES string of the molecule is CC(C)(C)c1cc(CCCCN2C(=O)C=CC2=O)c(C(C)(C)C)s1. The van der Waals surface area contributed by atoms with Gasteiger partial charge in [0, 0.05) is 28.5 Å². The molecule has 1 aromatic rings. The molecule has 1 aliphatic rings. The molecule has 3 nitrogen and oxygen atoms in total. The lowest BCUT2D eigenvalue weighted by molar-refractivity contribution is -0.136. The van der Waals surface area contributed by atoms with E-state index in [-0.39, 0.29) is 22.6 Å². The van der Waals surface area contributed by atoms with E-state index in [0.717, 1.165) is 19.3 Å². The molecule has 24 heavy (non-hydrogen) atoms. The Morgan fingerprint density at radius 3 is 2.00 bits per heavy atom. The van der Waals surface area contributed by atoms with Gasteiger partial charge in [-0.25, -0.2) is 0 Å². The lowest BCUT2D eigenvalue weighted by atomic mass is 9.88. The molecule has 2 rings (SSSR count). The van der Waals surface area contributed by atoms with Gasteiger partial charge in [0.05, 0.1) is 0 Å². The lowest BCUT2D eigenvalue weighted by Gasteiger charge is -2.20. The standard InChI is InChI=1S/C20H29NO2S/c1-19(2,3)15-13-14(18(24-15)20(4,5)6)9-7-8-12-21-16(22)10-11-17(21)23/h10-11,13H,7-9,12H2,1-6H3. The summed E-state index contributed by atoms with van der Waals surface area (Å²) in [7, 11) is 0. The molecule has 132 valence electrons. The van der Waals surface area contributed by atoms with Gasteiger partial charge in [0.1, 0.15) is 0 Å². The number of thiophene rings is 1. The van der Waals surface area contributed by atoms with E-state index in [9.17, 15) is 9.59 Å². The van der Waals surface area contributed by atoms with Crippen LogP contribution < -0.4 is 0 Å². The van der Waals surface area contributed by atoms with Crippen molar-refractivity contribution in [3.8, 4) is 0 Å². The summed E-state index contributed by atoms with van der Waals surface area (Å²) in [4.78, 5) is 27.4. The highest BCUT2D eigenvalue weighted by molar-refractivity contribution is 7.12. The van der Waals surface area contributed by atoms with E-state index >= 15 is 0 Å². The van der Waals surface area contributed by atoms with E-state index in [2.05, 4.69) is 47.6 Å². The van der Waals surface area contributed by atoms with Crippen LogP contribution in [-0.2, 0) is 26.8 Å². The van der Waals surface area contributed by atoms with Crippen molar-refractivity contribution in [2.45, 2.75) is 71.6 Å². The summed E-state index contributed by atoms with van der Waals surface area (Å²) in [5.74, 6) is -0.359. The first kappa shape index (κ1) is 18.9. The van der Waals surface area contributed by atoms with Crippen LogP contribution in [0, 0.1) is 0 Å². The molecular formula is C20H29NO2S. The van der Waals surface area contributed by atoms with Gasteiger partial charge < -0.3 is 0 Å². The number of rotatable bonds is 5. The maximum atomic E-state index is 11.6. The zero-order valence-corrected chi connectivity index (χ0v) is 16.5. The second-order valence-electron chi connectivity index (χ2n) is 8.58. The highest BCUT2D eigenvalue weighted by atomic mass is 32.1. The molecule has 0 radical (unpaired) electrons. The highest BCUT2D eigenvalue weighted by Gasteiger charge is 2.26. The normalized spacial score (nSPS) is 15.7. The molecule has 1 aliphatic heterocycles. The van der Waals surface area contributed by atoms with E-state index in [4.69, 9.17) is 0 Å². The zero-order valence-electron chi connectivity index (χ0n) is 15.7. The van der Waals surface area contributed by atoms with Crippen molar-refractivity contribution in [3.63, 3.8) is 0 Å². The van der Waals surface area contributed by atoms with Crippen molar-refractivity contribution in [1.82, 2.24) is 4.90 Å². The summed E-state index contributed by atoms with van der Waals surface area (Å²) < 4.78 is 0. The molecule has 0 aliphatic carbocycles. The largest absolute Gasteiger partial charge is 0.275 e. The number of carbonyl (C=O) groups excluding carboxylic acids is 2. The molecule has 2 heterocycles. The van der Waals surface area contributed by atoms with Gasteiger partial charge in [-0.05, 0) is 41.7 Å². The van der Waals surface area contributed by atoms with Crippen molar-refractivity contribution < 1.29 is 9.59 Å². The Balaban J connectivity index is 2.00. The third-order valence-corrected chi connectivity index (χ3v) is 6.24. The van der Waals surface area contributed by atoms with Crippen LogP contribution in [0.5, 0.6) is 0 Å². The van der Waals surface area contributed by atoms with E-state index in [0.29, 0.717) is 6.54 Å². The number of amides is 2. The van der Waals surface area contributed by atoms with Crippen LogP contribution in [0.25, 0.3) is 0 Å². The molecule has 0 aromatic carbocycles. The molecule has 1 aromatic heterocycles. The zero-order chi connectivity index (χ0) is 18.1. The Morgan fingerprint density at radius 2 is 1.50 bits per heavy atom. The smallest absolute Gasteiger partial charge is 0.253 e. The minimum atomic E-state index is -0.180. The number of hydrogen-bond donors (Lipinski definition) is 0. The fraction of sp³-hybridized carbons (Fsp3) is 0.600. The number of aryl methyl sites for hydroxylation is 1. The number of hydrogen-bond acceptors (Lipinski definition) is 3. The molecule has 0 unspecified atom stereocenters. The van der Waals surface area contributed by atoms with Crippen LogP contribution in [0.1, 0.15) is 69.7 Å². The number of imide groups is 1. The van der Waals surface area contributed by atoms with Crippen LogP contribution in [0.4, 0.5) is 0 Å². The van der Waals surface area contributed by atoms with Gasteiger partial charge in [-0.15, -0.1) is 11.3 Å². The Bertz CT molecular complexity index is 638. The van der Waals surface area contributed by atoms with Gasteiger partial charge >= 0.3 is 0 Å². The van der Waals surface area contributed by atoms with E-state index in [1.807, 2.05) is 11.3 Å².